The summed E-state index contributed by atoms with van der Waals surface area (Å²) in [6, 6.07) is 15.3. The minimum absolute atomic E-state index is 0.134. The molecule has 27 heavy (non-hydrogen) atoms. The zero-order valence-electron chi connectivity index (χ0n) is 14.4. The average Bonchev–Trinajstić information content (AvgIpc) is 2.73. The van der Waals surface area contributed by atoms with Crippen molar-refractivity contribution >= 4 is 34.1 Å². The predicted molar refractivity (Wildman–Crippen MR) is 108 cm³/mol. The summed E-state index contributed by atoms with van der Waals surface area (Å²) in [6.45, 7) is 0. The number of carbonyl (C=O) groups excluding carboxylic acids is 1. The maximum absolute atomic E-state index is 12.7. The first kappa shape index (κ1) is 17.2. The number of aromatic nitrogens is 3. The number of benzene rings is 2. The van der Waals surface area contributed by atoms with Crippen molar-refractivity contribution in [1.82, 2.24) is 15.0 Å². The number of nitrogens with one attached hydrogen (secondary N) is 1. The smallest absolute Gasteiger partial charge is 0.255 e. The van der Waals surface area contributed by atoms with Crippen molar-refractivity contribution in [2.45, 2.75) is 10.8 Å². The highest BCUT2D eigenvalue weighted by Gasteiger charge is 2.09. The van der Waals surface area contributed by atoms with Crippen LogP contribution in [0.1, 0.15) is 15.9 Å². The molecule has 0 aliphatic heterocycles. The molecule has 0 unspecified atom stereocenters. The number of fused-ring (bicyclic) bond motifs is 1. The molecule has 4 aromatic rings. The van der Waals surface area contributed by atoms with Crippen molar-refractivity contribution in [3.63, 3.8) is 0 Å². The summed E-state index contributed by atoms with van der Waals surface area (Å²) in [5.74, 6) is 0.588. The molecule has 1 N–H and O–H groups in total. The van der Waals surface area contributed by atoms with Gasteiger partial charge in [0.2, 0.25) is 0 Å². The van der Waals surface area contributed by atoms with E-state index in [1.54, 1.807) is 42.7 Å². The van der Waals surface area contributed by atoms with Gasteiger partial charge in [-0.25, -0.2) is 4.98 Å². The second-order valence-electron chi connectivity index (χ2n) is 5.89. The fourth-order valence-electron chi connectivity index (χ4n) is 2.75. The van der Waals surface area contributed by atoms with E-state index in [9.17, 15) is 4.79 Å². The van der Waals surface area contributed by atoms with Crippen LogP contribution in [0.4, 0.5) is 5.69 Å². The maximum atomic E-state index is 12.7. The van der Waals surface area contributed by atoms with Crippen LogP contribution in [0.2, 0.25) is 0 Å². The molecule has 0 bridgehead atoms. The van der Waals surface area contributed by atoms with E-state index in [4.69, 9.17) is 0 Å². The summed E-state index contributed by atoms with van der Waals surface area (Å²) in [4.78, 5) is 25.2. The summed E-state index contributed by atoms with van der Waals surface area (Å²) in [5.41, 5.74) is 2.46. The highest BCUT2D eigenvalue weighted by atomic mass is 32.2. The molecule has 0 saturated heterocycles. The van der Waals surface area contributed by atoms with Gasteiger partial charge in [0.1, 0.15) is 5.03 Å². The Balaban J connectivity index is 1.50. The SMILES string of the molecule is O=C(Nc1cccc2cnccc12)c1cccc(CSc2cnccn2)c1. The Bertz CT molecular complexity index is 1080. The third-order valence-electron chi connectivity index (χ3n) is 4.04. The third-order valence-corrected chi connectivity index (χ3v) is 5.03. The highest BCUT2D eigenvalue weighted by Crippen LogP contribution is 2.24. The summed E-state index contributed by atoms with van der Waals surface area (Å²) in [5, 5.41) is 5.82. The van der Waals surface area contributed by atoms with Crippen LogP contribution in [0.15, 0.2) is 84.5 Å². The van der Waals surface area contributed by atoms with Gasteiger partial charge in [-0.2, -0.15) is 0 Å². The van der Waals surface area contributed by atoms with Gasteiger partial charge in [0.15, 0.2) is 0 Å². The molecule has 0 spiro atoms. The molecule has 5 nitrogen and oxygen atoms in total. The lowest BCUT2D eigenvalue weighted by Gasteiger charge is -2.09. The van der Waals surface area contributed by atoms with E-state index in [0.29, 0.717) is 5.56 Å². The van der Waals surface area contributed by atoms with Crippen LogP contribution >= 0.6 is 11.8 Å². The second-order valence-corrected chi connectivity index (χ2v) is 6.88. The minimum atomic E-state index is -0.134. The molecular weight excluding hydrogens is 356 g/mol. The number of nitrogens with zero attached hydrogens (tertiary/aromatic N) is 3. The van der Waals surface area contributed by atoms with Crippen molar-refractivity contribution in [2.75, 3.05) is 5.32 Å². The molecule has 1 amide bonds. The predicted octanol–water partition coefficient (Wildman–Crippen LogP) is 4.57. The fourth-order valence-corrected chi connectivity index (χ4v) is 3.51. The summed E-state index contributed by atoms with van der Waals surface area (Å²) < 4.78 is 0. The Kier molecular flexibility index (Phi) is 5.07. The largest absolute Gasteiger partial charge is 0.321 e. The monoisotopic (exact) mass is 372 g/mol. The van der Waals surface area contributed by atoms with Gasteiger partial charge in [-0.3, -0.25) is 14.8 Å². The Hall–Kier alpha value is -3.25. The van der Waals surface area contributed by atoms with E-state index >= 15 is 0 Å². The molecule has 6 heteroatoms. The lowest BCUT2D eigenvalue weighted by atomic mass is 10.1. The van der Waals surface area contributed by atoms with Gasteiger partial charge in [0.05, 0.1) is 6.20 Å². The van der Waals surface area contributed by atoms with Crippen molar-refractivity contribution in [3.05, 3.63) is 90.6 Å². The summed E-state index contributed by atoms with van der Waals surface area (Å²) in [6.07, 6.45) is 8.57. The number of hydrogen-bond donors (Lipinski definition) is 1. The summed E-state index contributed by atoms with van der Waals surface area (Å²) in [7, 11) is 0. The van der Waals surface area contributed by atoms with Gasteiger partial charge in [0, 0.05) is 52.6 Å². The molecule has 4 rings (SSSR count). The van der Waals surface area contributed by atoms with Crippen LogP contribution in [0.5, 0.6) is 0 Å². The second kappa shape index (κ2) is 7.97. The normalized spacial score (nSPS) is 10.7. The number of rotatable bonds is 5. The number of anilines is 1. The Morgan fingerprint density at radius 1 is 0.963 bits per heavy atom. The number of thioether (sulfide) groups is 1. The number of pyridine rings is 1. The molecule has 2 aromatic carbocycles. The van der Waals surface area contributed by atoms with E-state index < -0.39 is 0 Å². The van der Waals surface area contributed by atoms with E-state index in [2.05, 4.69) is 20.3 Å². The van der Waals surface area contributed by atoms with E-state index in [0.717, 1.165) is 32.8 Å². The van der Waals surface area contributed by atoms with Gasteiger partial charge in [0.25, 0.3) is 5.91 Å². The Morgan fingerprint density at radius 3 is 2.74 bits per heavy atom. The van der Waals surface area contributed by atoms with Crippen molar-refractivity contribution in [3.8, 4) is 0 Å². The molecule has 0 radical (unpaired) electrons. The minimum Gasteiger partial charge on any atom is -0.321 e. The van der Waals surface area contributed by atoms with Crippen molar-refractivity contribution < 1.29 is 4.79 Å². The molecular formula is C21H16N4OS. The van der Waals surface area contributed by atoms with E-state index in [-0.39, 0.29) is 5.91 Å². The topological polar surface area (TPSA) is 67.8 Å². The van der Waals surface area contributed by atoms with Gasteiger partial charge in [-0.1, -0.05) is 24.3 Å². The first-order valence-electron chi connectivity index (χ1n) is 8.41. The van der Waals surface area contributed by atoms with Crippen LogP contribution < -0.4 is 5.32 Å². The molecule has 0 fully saturated rings. The van der Waals surface area contributed by atoms with Crippen LogP contribution in [-0.2, 0) is 5.75 Å². The maximum Gasteiger partial charge on any atom is 0.255 e. The van der Waals surface area contributed by atoms with Crippen LogP contribution in [-0.4, -0.2) is 20.9 Å². The third kappa shape index (κ3) is 4.12. The fraction of sp³-hybridized carbons (Fsp3) is 0.0476. The molecule has 132 valence electrons. The van der Waals surface area contributed by atoms with Crippen molar-refractivity contribution in [1.29, 1.82) is 0 Å². The molecule has 0 aliphatic rings. The van der Waals surface area contributed by atoms with Gasteiger partial charge >= 0.3 is 0 Å². The zero-order chi connectivity index (χ0) is 18.5. The number of hydrogen-bond acceptors (Lipinski definition) is 5. The highest BCUT2D eigenvalue weighted by molar-refractivity contribution is 7.98. The van der Waals surface area contributed by atoms with E-state index in [1.165, 1.54) is 0 Å². The molecule has 0 atom stereocenters. The van der Waals surface area contributed by atoms with Gasteiger partial charge in [-0.15, -0.1) is 11.8 Å². The Morgan fingerprint density at radius 2 is 1.85 bits per heavy atom. The van der Waals surface area contributed by atoms with Crippen molar-refractivity contribution in [2.24, 2.45) is 0 Å². The van der Waals surface area contributed by atoms with Gasteiger partial charge in [-0.05, 0) is 29.8 Å². The zero-order valence-corrected chi connectivity index (χ0v) is 15.2. The first-order valence-corrected chi connectivity index (χ1v) is 9.40. The molecule has 2 heterocycles. The van der Waals surface area contributed by atoms with E-state index in [1.807, 2.05) is 48.5 Å². The number of carbonyl (C=O) groups is 1. The number of amides is 1. The Labute approximate surface area is 160 Å². The molecule has 0 aliphatic carbocycles. The standard InChI is InChI=1S/C21H16N4OS/c26-21(25-19-6-2-5-17-12-22-8-7-18(17)19)16-4-1-3-15(11-16)14-27-20-13-23-9-10-24-20/h1-13H,14H2,(H,25,26). The average molecular weight is 372 g/mol. The van der Waals surface area contributed by atoms with Crippen LogP contribution in [0, 0.1) is 0 Å². The molecule has 0 saturated carbocycles. The van der Waals surface area contributed by atoms with Gasteiger partial charge < -0.3 is 5.32 Å². The first-order chi connectivity index (χ1) is 13.3. The quantitative estimate of drug-likeness (QED) is 0.520. The summed E-state index contributed by atoms with van der Waals surface area (Å²) >= 11 is 1.59. The molecule has 2 aromatic heterocycles. The lowest BCUT2D eigenvalue weighted by Crippen LogP contribution is -2.12. The van der Waals surface area contributed by atoms with Crippen LogP contribution in [0.3, 0.4) is 0 Å². The van der Waals surface area contributed by atoms with Crippen LogP contribution in [0.25, 0.3) is 10.8 Å². The lowest BCUT2D eigenvalue weighted by molar-refractivity contribution is 0.102.